The van der Waals surface area contributed by atoms with Crippen molar-refractivity contribution in [1.29, 1.82) is 0 Å². The Morgan fingerprint density at radius 1 is 1.05 bits per heavy atom. The monoisotopic (exact) mass is 266 g/mol. The van der Waals surface area contributed by atoms with Crippen LogP contribution in [0.15, 0.2) is 61.2 Å². The predicted molar refractivity (Wildman–Crippen MR) is 74.8 cm³/mol. The molecule has 6 heteroatoms. The van der Waals surface area contributed by atoms with E-state index in [1.54, 1.807) is 12.4 Å². The minimum atomic E-state index is -0.249. The van der Waals surface area contributed by atoms with E-state index in [9.17, 15) is 0 Å². The van der Waals surface area contributed by atoms with Crippen LogP contribution in [0.2, 0.25) is 0 Å². The van der Waals surface area contributed by atoms with Crippen LogP contribution < -0.4 is 11.3 Å². The number of hydrogen-bond acceptors (Lipinski definition) is 5. The van der Waals surface area contributed by atoms with Gasteiger partial charge in [0.1, 0.15) is 12.4 Å². The lowest BCUT2D eigenvalue weighted by Crippen LogP contribution is -2.31. The number of aromatic nitrogens is 4. The zero-order chi connectivity index (χ0) is 13.8. The Labute approximate surface area is 116 Å². The first-order valence-electron chi connectivity index (χ1n) is 6.21. The minimum Gasteiger partial charge on any atom is -0.270 e. The summed E-state index contributed by atoms with van der Waals surface area (Å²) in [4.78, 5) is 8.17. The average Bonchev–Trinajstić information content (AvgIpc) is 2.99. The van der Waals surface area contributed by atoms with Crippen LogP contribution in [0.3, 0.4) is 0 Å². The lowest BCUT2D eigenvalue weighted by Gasteiger charge is -2.17. The highest BCUT2D eigenvalue weighted by Gasteiger charge is 2.18. The van der Waals surface area contributed by atoms with Gasteiger partial charge < -0.3 is 0 Å². The third kappa shape index (κ3) is 2.29. The van der Waals surface area contributed by atoms with E-state index in [2.05, 4.69) is 20.5 Å². The maximum atomic E-state index is 5.69. The first-order chi connectivity index (χ1) is 9.90. The average molecular weight is 266 g/mol. The molecule has 0 aliphatic carbocycles. The van der Waals surface area contributed by atoms with Crippen LogP contribution in [0.1, 0.15) is 17.4 Å². The molecule has 0 amide bonds. The van der Waals surface area contributed by atoms with Crippen LogP contribution in [0.4, 0.5) is 0 Å². The van der Waals surface area contributed by atoms with Crippen molar-refractivity contribution >= 4 is 0 Å². The van der Waals surface area contributed by atoms with Gasteiger partial charge in [-0.05, 0) is 24.3 Å². The normalized spacial score (nSPS) is 12.2. The van der Waals surface area contributed by atoms with Gasteiger partial charge in [-0.2, -0.15) is 5.10 Å². The van der Waals surface area contributed by atoms with E-state index in [1.807, 2.05) is 47.1 Å². The highest BCUT2D eigenvalue weighted by atomic mass is 15.3. The van der Waals surface area contributed by atoms with Gasteiger partial charge >= 0.3 is 0 Å². The van der Waals surface area contributed by atoms with Crippen molar-refractivity contribution in [2.75, 3.05) is 0 Å². The fraction of sp³-hybridized carbons (Fsp3) is 0.0714. The molecule has 1 aromatic carbocycles. The summed E-state index contributed by atoms with van der Waals surface area (Å²) in [7, 11) is 0. The van der Waals surface area contributed by atoms with Crippen LogP contribution in [0.25, 0.3) is 5.69 Å². The molecule has 0 fully saturated rings. The summed E-state index contributed by atoms with van der Waals surface area (Å²) in [5.41, 5.74) is 5.46. The van der Waals surface area contributed by atoms with Crippen LogP contribution in [-0.2, 0) is 0 Å². The van der Waals surface area contributed by atoms with Crippen molar-refractivity contribution in [3.05, 3.63) is 72.6 Å². The first kappa shape index (κ1) is 12.5. The minimum absolute atomic E-state index is 0.249. The highest BCUT2D eigenvalue weighted by molar-refractivity contribution is 5.34. The van der Waals surface area contributed by atoms with Gasteiger partial charge in [0.2, 0.25) is 0 Å². The molecule has 0 bridgehead atoms. The lowest BCUT2D eigenvalue weighted by molar-refractivity contribution is 0.582. The van der Waals surface area contributed by atoms with E-state index >= 15 is 0 Å². The second-order valence-electron chi connectivity index (χ2n) is 4.24. The molecule has 100 valence electrons. The molecular formula is C14H14N6. The molecule has 0 saturated carbocycles. The molecule has 6 nitrogen and oxygen atoms in total. The number of nitrogens with two attached hydrogens (primary N) is 1. The molecule has 0 radical (unpaired) electrons. The van der Waals surface area contributed by atoms with Gasteiger partial charge in [-0.1, -0.05) is 18.2 Å². The molecule has 3 aromatic rings. The van der Waals surface area contributed by atoms with Crippen molar-refractivity contribution in [2.24, 2.45) is 5.84 Å². The third-order valence-electron chi connectivity index (χ3n) is 3.04. The molecule has 20 heavy (non-hydrogen) atoms. The number of rotatable bonds is 4. The van der Waals surface area contributed by atoms with Crippen LogP contribution in [0, 0.1) is 0 Å². The summed E-state index contributed by atoms with van der Waals surface area (Å²) < 4.78 is 1.84. The Bertz CT molecular complexity index is 664. The second kappa shape index (κ2) is 5.60. The van der Waals surface area contributed by atoms with E-state index in [0.717, 1.165) is 17.1 Å². The summed E-state index contributed by atoms with van der Waals surface area (Å²) in [6.07, 6.45) is 4.94. The summed E-state index contributed by atoms with van der Waals surface area (Å²) in [5.74, 6) is 5.69. The number of nitrogens with zero attached hydrogens (tertiary/aromatic N) is 4. The Balaban J connectivity index is 2.04. The smallest absolute Gasteiger partial charge is 0.115 e. The van der Waals surface area contributed by atoms with Gasteiger partial charge in [0, 0.05) is 12.4 Å². The molecule has 1 unspecified atom stereocenters. The van der Waals surface area contributed by atoms with Crippen LogP contribution in [-0.4, -0.2) is 19.7 Å². The van der Waals surface area contributed by atoms with Crippen LogP contribution in [0.5, 0.6) is 0 Å². The van der Waals surface area contributed by atoms with E-state index < -0.39 is 0 Å². The van der Waals surface area contributed by atoms with E-state index in [-0.39, 0.29) is 6.04 Å². The molecule has 0 saturated heterocycles. The lowest BCUT2D eigenvalue weighted by atomic mass is 10.1. The molecule has 3 N–H and O–H groups in total. The molecule has 0 aliphatic heterocycles. The molecule has 0 spiro atoms. The standard InChI is InChI=1S/C14H14N6/c15-19-14(12-6-8-16-10-17-12)13-7-9-18-20(13)11-4-2-1-3-5-11/h1-10,14,19H,15H2. The SMILES string of the molecule is NNC(c1ccncn1)c1ccnn1-c1ccccc1. The fourth-order valence-corrected chi connectivity index (χ4v) is 2.11. The zero-order valence-electron chi connectivity index (χ0n) is 10.7. The van der Waals surface area contributed by atoms with Gasteiger partial charge in [0.15, 0.2) is 0 Å². The summed E-state index contributed by atoms with van der Waals surface area (Å²) in [5, 5.41) is 4.36. The van der Waals surface area contributed by atoms with Gasteiger partial charge in [0.25, 0.3) is 0 Å². The quantitative estimate of drug-likeness (QED) is 0.548. The van der Waals surface area contributed by atoms with E-state index in [4.69, 9.17) is 5.84 Å². The number of hydrazine groups is 1. The summed E-state index contributed by atoms with van der Waals surface area (Å²) in [6.45, 7) is 0. The largest absolute Gasteiger partial charge is 0.270 e. The van der Waals surface area contributed by atoms with Crippen molar-refractivity contribution in [3.8, 4) is 5.69 Å². The highest BCUT2D eigenvalue weighted by Crippen LogP contribution is 2.21. The zero-order valence-corrected chi connectivity index (χ0v) is 10.7. The summed E-state index contributed by atoms with van der Waals surface area (Å²) in [6, 6.07) is 13.4. The fourth-order valence-electron chi connectivity index (χ4n) is 2.11. The van der Waals surface area contributed by atoms with E-state index in [0.29, 0.717) is 0 Å². The Kier molecular flexibility index (Phi) is 3.49. The van der Waals surface area contributed by atoms with E-state index in [1.165, 1.54) is 6.33 Å². The molecule has 2 heterocycles. The molecule has 0 aliphatic rings. The maximum absolute atomic E-state index is 5.69. The van der Waals surface area contributed by atoms with Crippen molar-refractivity contribution in [2.45, 2.75) is 6.04 Å². The number of benzene rings is 1. The Morgan fingerprint density at radius 3 is 2.60 bits per heavy atom. The molecule has 2 aromatic heterocycles. The van der Waals surface area contributed by atoms with Crippen molar-refractivity contribution in [1.82, 2.24) is 25.2 Å². The topological polar surface area (TPSA) is 81.7 Å². The number of nitrogens with one attached hydrogen (secondary N) is 1. The molecular weight excluding hydrogens is 252 g/mol. The van der Waals surface area contributed by atoms with Gasteiger partial charge in [-0.3, -0.25) is 5.84 Å². The maximum Gasteiger partial charge on any atom is 0.115 e. The van der Waals surface area contributed by atoms with Gasteiger partial charge in [0.05, 0.1) is 17.1 Å². The summed E-state index contributed by atoms with van der Waals surface area (Å²) >= 11 is 0. The Hall–Kier alpha value is -2.57. The van der Waals surface area contributed by atoms with Crippen molar-refractivity contribution in [3.63, 3.8) is 0 Å². The predicted octanol–water partition coefficient (Wildman–Crippen LogP) is 1.21. The van der Waals surface area contributed by atoms with Gasteiger partial charge in [-0.25, -0.2) is 20.1 Å². The van der Waals surface area contributed by atoms with Crippen molar-refractivity contribution < 1.29 is 0 Å². The van der Waals surface area contributed by atoms with Crippen LogP contribution >= 0.6 is 0 Å². The number of para-hydroxylation sites is 1. The third-order valence-corrected chi connectivity index (χ3v) is 3.04. The Morgan fingerprint density at radius 2 is 1.90 bits per heavy atom. The second-order valence-corrected chi connectivity index (χ2v) is 4.24. The molecule has 1 atom stereocenters. The number of hydrogen-bond donors (Lipinski definition) is 2. The van der Waals surface area contributed by atoms with Gasteiger partial charge in [-0.15, -0.1) is 0 Å². The molecule has 3 rings (SSSR count). The first-order valence-corrected chi connectivity index (χ1v) is 6.21.